The van der Waals surface area contributed by atoms with Crippen LogP contribution in [0.3, 0.4) is 0 Å². The van der Waals surface area contributed by atoms with E-state index in [0.717, 1.165) is 38.1 Å². The van der Waals surface area contributed by atoms with Crippen molar-refractivity contribution in [2.24, 2.45) is 0 Å². The molecule has 0 saturated heterocycles. The second-order valence-corrected chi connectivity index (χ2v) is 4.00. The number of unbranched alkanes of at least 4 members (excludes halogenated alkanes) is 2. The molecular formula is C14H23NO2. The summed E-state index contributed by atoms with van der Waals surface area (Å²) in [4.78, 5) is 0. The maximum Gasteiger partial charge on any atom is 0.123 e. The molecule has 3 nitrogen and oxygen atoms in total. The quantitative estimate of drug-likeness (QED) is 0.648. The van der Waals surface area contributed by atoms with Crippen molar-refractivity contribution in [3.8, 4) is 5.75 Å². The number of hydrogen-bond acceptors (Lipinski definition) is 3. The van der Waals surface area contributed by atoms with Crippen molar-refractivity contribution in [1.82, 2.24) is 5.32 Å². The third kappa shape index (κ3) is 5.71. The lowest BCUT2D eigenvalue weighted by molar-refractivity contribution is 0.283. The lowest BCUT2D eigenvalue weighted by atomic mass is 10.2. The molecule has 0 amide bonds. The lowest BCUT2D eigenvalue weighted by Gasteiger charge is -2.10. The topological polar surface area (TPSA) is 41.5 Å². The molecule has 1 aromatic rings. The third-order valence-electron chi connectivity index (χ3n) is 2.60. The standard InChI is InChI=1S/C14H23NO2/c1-2-17-14-9-5-4-8-13(14)12-15-10-6-3-7-11-16/h4-5,8-9,15-16H,2-3,6-7,10-12H2,1H3. The molecule has 0 aliphatic carbocycles. The molecule has 96 valence electrons. The van der Waals surface area contributed by atoms with E-state index in [0.29, 0.717) is 13.2 Å². The second-order valence-electron chi connectivity index (χ2n) is 4.00. The van der Waals surface area contributed by atoms with Crippen molar-refractivity contribution >= 4 is 0 Å². The number of aliphatic hydroxyl groups excluding tert-OH is 1. The predicted molar refractivity (Wildman–Crippen MR) is 70.3 cm³/mol. The fourth-order valence-electron chi connectivity index (χ4n) is 1.71. The molecule has 0 aromatic heterocycles. The Kier molecular flexibility index (Phi) is 7.43. The fraction of sp³-hybridized carbons (Fsp3) is 0.571. The van der Waals surface area contributed by atoms with Gasteiger partial charge in [-0.25, -0.2) is 0 Å². The Balaban J connectivity index is 2.25. The van der Waals surface area contributed by atoms with Crippen LogP contribution in [0.1, 0.15) is 31.7 Å². The number of nitrogens with one attached hydrogen (secondary N) is 1. The SMILES string of the molecule is CCOc1ccccc1CNCCCCCO. The molecule has 0 atom stereocenters. The van der Waals surface area contributed by atoms with Crippen LogP contribution in [0.25, 0.3) is 0 Å². The van der Waals surface area contributed by atoms with Gasteiger partial charge in [-0.05, 0) is 38.8 Å². The van der Waals surface area contributed by atoms with Gasteiger partial charge in [0.25, 0.3) is 0 Å². The maximum atomic E-state index is 8.66. The van der Waals surface area contributed by atoms with Gasteiger partial charge in [0.15, 0.2) is 0 Å². The lowest BCUT2D eigenvalue weighted by Crippen LogP contribution is -2.15. The number of aliphatic hydroxyl groups is 1. The number of ether oxygens (including phenoxy) is 1. The van der Waals surface area contributed by atoms with Gasteiger partial charge < -0.3 is 15.2 Å². The van der Waals surface area contributed by atoms with Crippen LogP contribution in [-0.4, -0.2) is 24.9 Å². The van der Waals surface area contributed by atoms with E-state index in [1.807, 2.05) is 25.1 Å². The van der Waals surface area contributed by atoms with Crippen LogP contribution in [0.5, 0.6) is 5.75 Å². The third-order valence-corrected chi connectivity index (χ3v) is 2.60. The van der Waals surface area contributed by atoms with Gasteiger partial charge in [0.1, 0.15) is 5.75 Å². The van der Waals surface area contributed by atoms with Crippen LogP contribution in [0.2, 0.25) is 0 Å². The molecule has 1 aromatic carbocycles. The highest BCUT2D eigenvalue weighted by atomic mass is 16.5. The Morgan fingerprint density at radius 1 is 1.18 bits per heavy atom. The summed E-state index contributed by atoms with van der Waals surface area (Å²) in [5.74, 6) is 0.970. The highest BCUT2D eigenvalue weighted by Crippen LogP contribution is 2.17. The zero-order valence-electron chi connectivity index (χ0n) is 10.6. The molecular weight excluding hydrogens is 214 g/mol. The molecule has 0 heterocycles. The van der Waals surface area contributed by atoms with E-state index in [2.05, 4.69) is 11.4 Å². The van der Waals surface area contributed by atoms with Crippen LogP contribution in [0.4, 0.5) is 0 Å². The van der Waals surface area contributed by atoms with Crippen molar-refractivity contribution < 1.29 is 9.84 Å². The molecule has 0 unspecified atom stereocenters. The van der Waals surface area contributed by atoms with Crippen molar-refractivity contribution in [3.63, 3.8) is 0 Å². The van der Waals surface area contributed by atoms with Crippen molar-refractivity contribution in [2.45, 2.75) is 32.7 Å². The average Bonchev–Trinajstić information content (AvgIpc) is 2.36. The van der Waals surface area contributed by atoms with Crippen molar-refractivity contribution in [1.29, 1.82) is 0 Å². The highest BCUT2D eigenvalue weighted by Gasteiger charge is 2.00. The zero-order valence-corrected chi connectivity index (χ0v) is 10.6. The zero-order chi connectivity index (χ0) is 12.3. The van der Waals surface area contributed by atoms with Gasteiger partial charge in [0.05, 0.1) is 6.61 Å². The second kappa shape index (κ2) is 9.02. The predicted octanol–water partition coefficient (Wildman–Crippen LogP) is 2.34. The van der Waals surface area contributed by atoms with Gasteiger partial charge in [0.2, 0.25) is 0 Å². The summed E-state index contributed by atoms with van der Waals surface area (Å²) < 4.78 is 5.56. The van der Waals surface area contributed by atoms with Gasteiger partial charge in [-0.3, -0.25) is 0 Å². The Labute approximate surface area is 104 Å². The van der Waals surface area contributed by atoms with Crippen LogP contribution in [0.15, 0.2) is 24.3 Å². The first-order valence-corrected chi connectivity index (χ1v) is 6.40. The van der Waals surface area contributed by atoms with E-state index in [4.69, 9.17) is 9.84 Å². The first-order valence-electron chi connectivity index (χ1n) is 6.40. The smallest absolute Gasteiger partial charge is 0.123 e. The Hall–Kier alpha value is -1.06. The molecule has 0 fully saturated rings. The largest absolute Gasteiger partial charge is 0.494 e. The van der Waals surface area contributed by atoms with Crippen molar-refractivity contribution in [2.75, 3.05) is 19.8 Å². The molecule has 2 N–H and O–H groups in total. The summed E-state index contributed by atoms with van der Waals surface area (Å²) >= 11 is 0. The number of para-hydroxylation sites is 1. The van der Waals surface area contributed by atoms with Crippen molar-refractivity contribution in [3.05, 3.63) is 29.8 Å². The molecule has 1 rings (SSSR count). The summed E-state index contributed by atoms with van der Waals surface area (Å²) in [6, 6.07) is 8.12. The van der Waals surface area contributed by atoms with Crippen LogP contribution in [0, 0.1) is 0 Å². The molecule has 0 radical (unpaired) electrons. The van der Waals surface area contributed by atoms with E-state index in [1.54, 1.807) is 0 Å². The molecule has 0 bridgehead atoms. The van der Waals surface area contributed by atoms with Crippen LogP contribution < -0.4 is 10.1 Å². The summed E-state index contributed by atoms with van der Waals surface area (Å²) in [6.45, 7) is 4.83. The molecule has 0 saturated carbocycles. The Morgan fingerprint density at radius 3 is 2.76 bits per heavy atom. The summed E-state index contributed by atoms with van der Waals surface area (Å²) in [7, 11) is 0. The summed E-state index contributed by atoms with van der Waals surface area (Å²) in [5.41, 5.74) is 1.21. The van der Waals surface area contributed by atoms with Crippen LogP contribution >= 0.6 is 0 Å². The van der Waals surface area contributed by atoms with E-state index in [9.17, 15) is 0 Å². The normalized spacial score (nSPS) is 10.5. The average molecular weight is 237 g/mol. The first-order chi connectivity index (χ1) is 8.38. The first kappa shape index (κ1) is 14.0. The molecule has 0 aliphatic rings. The van der Waals surface area contributed by atoms with E-state index in [-0.39, 0.29) is 0 Å². The van der Waals surface area contributed by atoms with Crippen LogP contribution in [-0.2, 0) is 6.54 Å². The number of benzene rings is 1. The van der Waals surface area contributed by atoms with Gasteiger partial charge in [-0.15, -0.1) is 0 Å². The summed E-state index contributed by atoms with van der Waals surface area (Å²) in [6.07, 6.45) is 3.09. The molecule has 17 heavy (non-hydrogen) atoms. The Bertz CT molecular complexity index is 302. The summed E-state index contributed by atoms with van der Waals surface area (Å²) in [5, 5.41) is 12.1. The van der Waals surface area contributed by atoms with Gasteiger partial charge in [-0.2, -0.15) is 0 Å². The van der Waals surface area contributed by atoms with Gasteiger partial charge in [0, 0.05) is 18.7 Å². The monoisotopic (exact) mass is 237 g/mol. The van der Waals surface area contributed by atoms with E-state index in [1.165, 1.54) is 5.56 Å². The minimum absolute atomic E-state index is 0.299. The van der Waals surface area contributed by atoms with Gasteiger partial charge >= 0.3 is 0 Å². The molecule has 0 aliphatic heterocycles. The molecule has 3 heteroatoms. The highest BCUT2D eigenvalue weighted by molar-refractivity contribution is 5.33. The fourth-order valence-corrected chi connectivity index (χ4v) is 1.71. The van der Waals surface area contributed by atoms with E-state index < -0.39 is 0 Å². The number of rotatable bonds is 9. The maximum absolute atomic E-state index is 8.66. The van der Waals surface area contributed by atoms with Gasteiger partial charge in [-0.1, -0.05) is 18.2 Å². The molecule has 0 spiro atoms. The Morgan fingerprint density at radius 2 is 2.00 bits per heavy atom. The van der Waals surface area contributed by atoms with E-state index >= 15 is 0 Å². The number of hydrogen-bond donors (Lipinski definition) is 2. The minimum atomic E-state index is 0.299. The minimum Gasteiger partial charge on any atom is -0.494 e.